The van der Waals surface area contributed by atoms with Crippen LogP contribution in [-0.2, 0) is 28.6 Å². The van der Waals surface area contributed by atoms with E-state index in [9.17, 15) is 24.6 Å². The number of carbonyl (C=O) groups is 3. The summed E-state index contributed by atoms with van der Waals surface area (Å²) < 4.78 is 16.9. The Bertz CT molecular complexity index is 847. The summed E-state index contributed by atoms with van der Waals surface area (Å²) in [6, 6.07) is 0. The Morgan fingerprint density at radius 2 is 1.69 bits per heavy atom. The van der Waals surface area contributed by atoms with Crippen molar-refractivity contribution in [2.75, 3.05) is 0 Å². The van der Waals surface area contributed by atoms with Crippen LogP contribution in [0, 0.1) is 17.3 Å². The second kappa shape index (κ2) is 8.63. The van der Waals surface area contributed by atoms with Gasteiger partial charge in [-0.3, -0.25) is 14.4 Å². The smallest absolute Gasteiger partial charge is 0.312 e. The van der Waals surface area contributed by atoms with Gasteiger partial charge in [0.15, 0.2) is 6.10 Å². The van der Waals surface area contributed by atoms with E-state index in [0.29, 0.717) is 31.3 Å². The molecule has 1 saturated heterocycles. The van der Waals surface area contributed by atoms with Crippen LogP contribution in [0.3, 0.4) is 0 Å². The maximum atomic E-state index is 12.5. The van der Waals surface area contributed by atoms with E-state index in [1.54, 1.807) is 13.0 Å². The molecule has 0 spiro atoms. The Balaban J connectivity index is 2.23. The maximum absolute atomic E-state index is 12.5. The van der Waals surface area contributed by atoms with Gasteiger partial charge < -0.3 is 24.4 Å². The van der Waals surface area contributed by atoms with Gasteiger partial charge in [0.1, 0.15) is 17.8 Å². The van der Waals surface area contributed by atoms with Crippen molar-refractivity contribution in [1.82, 2.24) is 0 Å². The first kappa shape index (κ1) is 24.5. The highest BCUT2D eigenvalue weighted by Gasteiger charge is 2.65. The molecule has 1 saturated carbocycles. The van der Waals surface area contributed by atoms with Crippen LogP contribution in [0.25, 0.3) is 0 Å². The number of esters is 3. The van der Waals surface area contributed by atoms with Crippen LogP contribution in [0.4, 0.5) is 0 Å². The standard InChI is InChI=1S/C24H34O8/c1-12-7-9-17(30-15(4)25)23(6)18(31-16(5)26)10-8-13(2)20(23)21(27)24(29)14(3)22(28)32-19(24)11-12/h11,14,17-21,27,29H,2,7-10H2,1,3-6H3. The summed E-state index contributed by atoms with van der Waals surface area (Å²) >= 11 is 0. The molecule has 1 heterocycles. The number of hydrogen-bond donors (Lipinski definition) is 2. The molecule has 3 rings (SSSR count). The Morgan fingerprint density at radius 1 is 1.16 bits per heavy atom. The Hall–Kier alpha value is -2.19. The number of fused-ring (bicyclic) bond motifs is 2. The van der Waals surface area contributed by atoms with E-state index in [4.69, 9.17) is 14.2 Å². The Labute approximate surface area is 188 Å². The van der Waals surface area contributed by atoms with E-state index < -0.39 is 65.2 Å². The van der Waals surface area contributed by atoms with Gasteiger partial charge in [-0.05, 0) is 45.6 Å². The lowest BCUT2D eigenvalue weighted by atomic mass is 9.55. The predicted molar refractivity (Wildman–Crippen MR) is 114 cm³/mol. The van der Waals surface area contributed by atoms with Gasteiger partial charge >= 0.3 is 17.9 Å². The minimum absolute atomic E-state index is 0.404. The minimum atomic E-state index is -1.93. The lowest BCUT2D eigenvalue weighted by Crippen LogP contribution is -2.64. The van der Waals surface area contributed by atoms with Crippen molar-refractivity contribution < 1.29 is 38.8 Å². The van der Waals surface area contributed by atoms with Crippen LogP contribution in [0.1, 0.15) is 60.3 Å². The SMILES string of the molecule is C=C1CCC(OC(C)=O)C2(C)C(OC(C)=O)CCC(C)=CC3OC(=O)C(C)C3(O)C(O)C12. The third kappa shape index (κ3) is 3.88. The normalized spacial score (nSPS) is 42.2. The van der Waals surface area contributed by atoms with E-state index in [-0.39, 0.29) is 0 Å². The molecule has 8 nitrogen and oxygen atoms in total. The molecule has 32 heavy (non-hydrogen) atoms. The van der Waals surface area contributed by atoms with Gasteiger partial charge in [-0.25, -0.2) is 0 Å². The molecule has 2 fully saturated rings. The van der Waals surface area contributed by atoms with E-state index in [1.807, 2.05) is 6.92 Å². The first-order valence-corrected chi connectivity index (χ1v) is 11.1. The summed E-state index contributed by atoms with van der Waals surface area (Å²) in [6.07, 6.45) is -0.478. The molecule has 2 aliphatic carbocycles. The monoisotopic (exact) mass is 450 g/mol. The van der Waals surface area contributed by atoms with E-state index in [2.05, 4.69) is 6.58 Å². The first-order valence-electron chi connectivity index (χ1n) is 11.1. The fraction of sp³-hybridized carbons (Fsp3) is 0.708. The lowest BCUT2D eigenvalue weighted by Gasteiger charge is -2.55. The van der Waals surface area contributed by atoms with Gasteiger partial charge in [0.25, 0.3) is 0 Å². The van der Waals surface area contributed by atoms with Crippen LogP contribution in [0.15, 0.2) is 23.8 Å². The van der Waals surface area contributed by atoms with Gasteiger partial charge in [0.05, 0.1) is 17.4 Å². The first-order chi connectivity index (χ1) is 14.8. The number of aliphatic hydroxyl groups excluding tert-OH is 1. The highest BCUT2D eigenvalue weighted by Crippen LogP contribution is 2.55. The summed E-state index contributed by atoms with van der Waals surface area (Å²) in [4.78, 5) is 36.5. The molecule has 178 valence electrons. The molecule has 0 amide bonds. The second-order valence-electron chi connectivity index (χ2n) is 9.70. The maximum Gasteiger partial charge on any atom is 0.312 e. The summed E-state index contributed by atoms with van der Waals surface area (Å²) in [5, 5.41) is 23.5. The van der Waals surface area contributed by atoms with Crippen LogP contribution in [0.5, 0.6) is 0 Å². The molecule has 8 heteroatoms. The molecule has 0 bridgehead atoms. The molecule has 8 atom stereocenters. The molecule has 3 aliphatic rings. The highest BCUT2D eigenvalue weighted by atomic mass is 16.6. The van der Waals surface area contributed by atoms with Crippen molar-refractivity contribution in [3.8, 4) is 0 Å². The Morgan fingerprint density at radius 3 is 2.22 bits per heavy atom. The molecule has 0 radical (unpaired) electrons. The van der Waals surface area contributed by atoms with Crippen molar-refractivity contribution in [1.29, 1.82) is 0 Å². The summed E-state index contributed by atoms with van der Waals surface area (Å²) in [6.45, 7) is 11.9. The number of rotatable bonds is 2. The van der Waals surface area contributed by atoms with E-state index in [0.717, 1.165) is 5.57 Å². The molecule has 0 aromatic heterocycles. The minimum Gasteiger partial charge on any atom is -0.462 e. The average molecular weight is 451 g/mol. The van der Waals surface area contributed by atoms with Gasteiger partial charge in [-0.2, -0.15) is 0 Å². The zero-order valence-corrected chi connectivity index (χ0v) is 19.4. The van der Waals surface area contributed by atoms with Crippen LogP contribution in [-0.4, -0.2) is 58.1 Å². The third-order valence-corrected chi connectivity index (χ3v) is 7.61. The molecule has 0 aromatic carbocycles. The molecular weight excluding hydrogens is 416 g/mol. The highest BCUT2D eigenvalue weighted by molar-refractivity contribution is 5.77. The van der Waals surface area contributed by atoms with Crippen molar-refractivity contribution in [2.24, 2.45) is 17.3 Å². The third-order valence-electron chi connectivity index (χ3n) is 7.61. The second-order valence-corrected chi connectivity index (χ2v) is 9.70. The lowest BCUT2D eigenvalue weighted by molar-refractivity contribution is -0.209. The molecule has 1 aliphatic heterocycles. The number of aliphatic hydroxyl groups is 2. The number of hydrogen-bond acceptors (Lipinski definition) is 8. The molecular formula is C24H34O8. The Kier molecular flexibility index (Phi) is 6.60. The molecule has 2 N–H and O–H groups in total. The quantitative estimate of drug-likeness (QED) is 0.373. The molecule has 8 unspecified atom stereocenters. The van der Waals surface area contributed by atoms with Gasteiger partial charge in [0, 0.05) is 19.8 Å². The van der Waals surface area contributed by atoms with Crippen molar-refractivity contribution in [2.45, 2.75) is 90.3 Å². The van der Waals surface area contributed by atoms with Crippen LogP contribution >= 0.6 is 0 Å². The van der Waals surface area contributed by atoms with Gasteiger partial charge in [0.2, 0.25) is 0 Å². The van der Waals surface area contributed by atoms with Gasteiger partial charge in [-0.1, -0.05) is 24.6 Å². The van der Waals surface area contributed by atoms with Crippen molar-refractivity contribution >= 4 is 17.9 Å². The van der Waals surface area contributed by atoms with Crippen LogP contribution < -0.4 is 0 Å². The summed E-state index contributed by atoms with van der Waals surface area (Å²) in [7, 11) is 0. The zero-order valence-electron chi connectivity index (χ0n) is 19.4. The topological polar surface area (TPSA) is 119 Å². The van der Waals surface area contributed by atoms with Crippen molar-refractivity contribution in [3.63, 3.8) is 0 Å². The largest absolute Gasteiger partial charge is 0.462 e. The number of ether oxygens (including phenoxy) is 3. The average Bonchev–Trinajstić information content (AvgIpc) is 2.90. The number of carbonyl (C=O) groups excluding carboxylic acids is 3. The van der Waals surface area contributed by atoms with E-state index >= 15 is 0 Å². The van der Waals surface area contributed by atoms with E-state index in [1.165, 1.54) is 20.8 Å². The van der Waals surface area contributed by atoms with Crippen LogP contribution in [0.2, 0.25) is 0 Å². The molecule has 0 aromatic rings. The fourth-order valence-corrected chi connectivity index (χ4v) is 5.79. The van der Waals surface area contributed by atoms with Crippen molar-refractivity contribution in [3.05, 3.63) is 23.8 Å². The van der Waals surface area contributed by atoms with Gasteiger partial charge in [-0.15, -0.1) is 0 Å². The summed E-state index contributed by atoms with van der Waals surface area (Å²) in [5.74, 6) is -3.40. The fourth-order valence-electron chi connectivity index (χ4n) is 5.79. The summed E-state index contributed by atoms with van der Waals surface area (Å²) in [5.41, 5.74) is -1.56. The number of allylic oxidation sites excluding steroid dienone is 1. The zero-order chi connectivity index (χ0) is 24.0. The predicted octanol–water partition coefficient (Wildman–Crippen LogP) is 2.22.